The summed E-state index contributed by atoms with van der Waals surface area (Å²) in [6.07, 6.45) is 0. The van der Waals surface area contributed by atoms with Crippen molar-refractivity contribution in [3.63, 3.8) is 0 Å². The summed E-state index contributed by atoms with van der Waals surface area (Å²) in [5.41, 5.74) is 22.1. The van der Waals surface area contributed by atoms with Crippen LogP contribution in [0.4, 0.5) is 0 Å². The Labute approximate surface area is 378 Å². The van der Waals surface area contributed by atoms with Crippen LogP contribution in [0.3, 0.4) is 0 Å². The lowest BCUT2D eigenvalue weighted by Crippen LogP contribution is -2.14. The predicted octanol–water partition coefficient (Wildman–Crippen LogP) is 16.9. The second-order valence-electron chi connectivity index (χ2n) is 18.2. The topological polar surface area (TPSA) is 9.86 Å². The number of fused-ring (bicyclic) bond motifs is 9. The van der Waals surface area contributed by atoms with Gasteiger partial charge in [0.2, 0.25) is 0 Å². The zero-order valence-electron chi connectivity index (χ0n) is 36.3. The second kappa shape index (κ2) is 14.4. The molecule has 0 aliphatic heterocycles. The van der Waals surface area contributed by atoms with E-state index in [9.17, 15) is 0 Å². The maximum atomic E-state index is 2.50. The zero-order chi connectivity index (χ0) is 43.2. The Balaban J connectivity index is 1.05. The number of nitrogens with zero attached hydrogens (tertiary/aromatic N) is 2. The van der Waals surface area contributed by atoms with Crippen molar-refractivity contribution in [1.82, 2.24) is 9.13 Å². The van der Waals surface area contributed by atoms with Crippen LogP contribution in [0.25, 0.3) is 111 Å². The largest absolute Gasteiger partial charge is 0.309 e. The molecule has 65 heavy (non-hydrogen) atoms. The molecule has 1 aliphatic carbocycles. The van der Waals surface area contributed by atoms with Crippen LogP contribution < -0.4 is 0 Å². The second-order valence-corrected chi connectivity index (χ2v) is 18.2. The molecule has 0 amide bonds. The number of aromatic nitrogens is 2. The van der Waals surface area contributed by atoms with Crippen LogP contribution in [0.5, 0.6) is 0 Å². The molecule has 2 nitrogen and oxygen atoms in total. The van der Waals surface area contributed by atoms with Crippen LogP contribution in [-0.4, -0.2) is 9.13 Å². The van der Waals surface area contributed by atoms with Gasteiger partial charge in [-0.2, -0.15) is 0 Å². The molecule has 0 radical (unpaired) electrons. The summed E-state index contributed by atoms with van der Waals surface area (Å²) >= 11 is 0. The number of hydrogen-bond donors (Lipinski definition) is 0. The third kappa shape index (κ3) is 5.88. The minimum atomic E-state index is -0.108. The van der Waals surface area contributed by atoms with Crippen molar-refractivity contribution in [3.05, 3.63) is 242 Å². The van der Waals surface area contributed by atoms with E-state index in [0.717, 1.165) is 11.4 Å². The lowest BCUT2D eigenvalue weighted by atomic mass is 9.82. The molecule has 2 aromatic heterocycles. The Morgan fingerprint density at radius 2 is 0.723 bits per heavy atom. The standard InChI is InChI=1S/C63H44N2/c1-63(2)57-24-14-12-22-51(57)53-39-56-52-23-13-15-25-59(52)65(62(56)40-58(53)63)50-31-33-61-55(38-50)54-37-45(28-32-60(54)64(61)49-29-26-44(27-30-49)41-16-6-3-7-17-41)48-35-46(42-18-8-4-9-19-42)34-47(36-48)43-20-10-5-11-21-43/h3-40H,1-2H3. The van der Waals surface area contributed by atoms with Crippen molar-refractivity contribution < 1.29 is 0 Å². The zero-order valence-corrected chi connectivity index (χ0v) is 36.3. The molecule has 13 rings (SSSR count). The average Bonchev–Trinajstić information content (AvgIpc) is 3.96. The Morgan fingerprint density at radius 3 is 1.40 bits per heavy atom. The fourth-order valence-electron chi connectivity index (χ4n) is 10.9. The maximum absolute atomic E-state index is 2.50. The molecule has 0 fully saturated rings. The molecule has 2 heterocycles. The van der Waals surface area contributed by atoms with Gasteiger partial charge >= 0.3 is 0 Å². The van der Waals surface area contributed by atoms with E-state index in [-0.39, 0.29) is 5.41 Å². The normalized spacial score (nSPS) is 12.9. The monoisotopic (exact) mass is 828 g/mol. The highest BCUT2D eigenvalue weighted by Crippen LogP contribution is 2.51. The fourth-order valence-corrected chi connectivity index (χ4v) is 10.9. The quantitative estimate of drug-likeness (QED) is 0.158. The summed E-state index contributed by atoms with van der Waals surface area (Å²) in [5, 5.41) is 4.98. The van der Waals surface area contributed by atoms with Gasteiger partial charge < -0.3 is 9.13 Å². The Kier molecular flexibility index (Phi) is 8.29. The summed E-state index contributed by atoms with van der Waals surface area (Å²) in [6, 6.07) is 85.2. The van der Waals surface area contributed by atoms with Gasteiger partial charge in [-0.1, -0.05) is 166 Å². The maximum Gasteiger partial charge on any atom is 0.0544 e. The van der Waals surface area contributed by atoms with E-state index in [0.29, 0.717) is 0 Å². The molecule has 0 N–H and O–H groups in total. The van der Waals surface area contributed by atoms with Crippen molar-refractivity contribution >= 4 is 43.6 Å². The van der Waals surface area contributed by atoms with Gasteiger partial charge in [-0.3, -0.25) is 0 Å². The van der Waals surface area contributed by atoms with E-state index >= 15 is 0 Å². The highest BCUT2D eigenvalue weighted by atomic mass is 15.0. The first-order valence-electron chi connectivity index (χ1n) is 22.7. The van der Waals surface area contributed by atoms with Crippen molar-refractivity contribution in [2.24, 2.45) is 0 Å². The molecule has 0 saturated heterocycles. The third-order valence-corrected chi connectivity index (χ3v) is 14.1. The first-order chi connectivity index (χ1) is 32.0. The summed E-state index contributed by atoms with van der Waals surface area (Å²) in [5.74, 6) is 0. The SMILES string of the molecule is CC1(C)c2ccccc2-c2cc3c4ccccc4n(-c4ccc5c(c4)c4cc(-c6cc(-c7ccccc7)cc(-c7ccccc7)c6)ccc4n5-c4ccc(-c5ccccc5)cc4)c3cc21. The van der Waals surface area contributed by atoms with E-state index in [2.05, 4.69) is 254 Å². The van der Waals surface area contributed by atoms with Crippen molar-refractivity contribution in [2.75, 3.05) is 0 Å². The lowest BCUT2D eigenvalue weighted by Gasteiger charge is -2.21. The average molecular weight is 829 g/mol. The first kappa shape index (κ1) is 37.4. The van der Waals surface area contributed by atoms with Gasteiger partial charge in [-0.15, -0.1) is 0 Å². The lowest BCUT2D eigenvalue weighted by molar-refractivity contribution is 0.661. The van der Waals surface area contributed by atoms with Gasteiger partial charge in [0.25, 0.3) is 0 Å². The van der Waals surface area contributed by atoms with Gasteiger partial charge in [0.05, 0.1) is 22.1 Å². The van der Waals surface area contributed by atoms with Gasteiger partial charge in [-0.25, -0.2) is 0 Å². The smallest absolute Gasteiger partial charge is 0.0544 e. The third-order valence-electron chi connectivity index (χ3n) is 14.1. The molecular formula is C63H44N2. The fraction of sp³-hybridized carbons (Fsp3) is 0.0476. The molecule has 306 valence electrons. The molecule has 0 saturated carbocycles. The summed E-state index contributed by atoms with van der Waals surface area (Å²) < 4.78 is 4.95. The number of hydrogen-bond acceptors (Lipinski definition) is 0. The minimum Gasteiger partial charge on any atom is -0.309 e. The Morgan fingerprint density at radius 1 is 0.262 bits per heavy atom. The Hall–Kier alpha value is -8.20. The van der Waals surface area contributed by atoms with Gasteiger partial charge in [0.1, 0.15) is 0 Å². The van der Waals surface area contributed by atoms with E-state index in [1.54, 1.807) is 0 Å². The molecule has 12 aromatic rings. The summed E-state index contributed by atoms with van der Waals surface area (Å²) in [6.45, 7) is 4.75. The summed E-state index contributed by atoms with van der Waals surface area (Å²) in [4.78, 5) is 0. The Bertz CT molecular complexity index is 3760. The van der Waals surface area contributed by atoms with Gasteiger partial charge in [-0.05, 0) is 146 Å². The molecule has 0 atom stereocenters. The molecule has 0 unspecified atom stereocenters. The van der Waals surface area contributed by atoms with Crippen LogP contribution in [0.2, 0.25) is 0 Å². The molecule has 1 aliphatic rings. The van der Waals surface area contributed by atoms with Gasteiger partial charge in [0, 0.05) is 38.3 Å². The van der Waals surface area contributed by atoms with E-state index in [4.69, 9.17) is 0 Å². The van der Waals surface area contributed by atoms with Crippen LogP contribution in [0.15, 0.2) is 231 Å². The van der Waals surface area contributed by atoms with Crippen LogP contribution >= 0.6 is 0 Å². The van der Waals surface area contributed by atoms with Crippen molar-refractivity contribution in [2.45, 2.75) is 19.3 Å². The van der Waals surface area contributed by atoms with Crippen LogP contribution in [-0.2, 0) is 5.41 Å². The molecule has 0 bridgehead atoms. The van der Waals surface area contributed by atoms with Crippen molar-refractivity contribution in [3.8, 4) is 67.0 Å². The summed E-state index contributed by atoms with van der Waals surface area (Å²) in [7, 11) is 0. The van der Waals surface area contributed by atoms with E-state index < -0.39 is 0 Å². The van der Waals surface area contributed by atoms with Gasteiger partial charge in [0.15, 0.2) is 0 Å². The predicted molar refractivity (Wildman–Crippen MR) is 274 cm³/mol. The number of benzene rings is 10. The van der Waals surface area contributed by atoms with Crippen molar-refractivity contribution in [1.29, 1.82) is 0 Å². The highest BCUT2D eigenvalue weighted by Gasteiger charge is 2.36. The minimum absolute atomic E-state index is 0.108. The molecule has 2 heteroatoms. The highest BCUT2D eigenvalue weighted by molar-refractivity contribution is 6.14. The van der Waals surface area contributed by atoms with Crippen LogP contribution in [0, 0.1) is 0 Å². The number of para-hydroxylation sites is 1. The molecule has 10 aromatic carbocycles. The molecule has 0 spiro atoms. The van der Waals surface area contributed by atoms with E-state index in [1.807, 2.05) is 0 Å². The van der Waals surface area contributed by atoms with Crippen LogP contribution in [0.1, 0.15) is 25.0 Å². The number of rotatable bonds is 6. The molecular weight excluding hydrogens is 785 g/mol. The van der Waals surface area contributed by atoms with E-state index in [1.165, 1.54) is 110 Å². The first-order valence-corrected chi connectivity index (χ1v) is 22.7.